The minimum atomic E-state index is -0.493. The van der Waals surface area contributed by atoms with Gasteiger partial charge in [0, 0.05) is 26.0 Å². The second kappa shape index (κ2) is 9.96. The van der Waals surface area contributed by atoms with Crippen molar-refractivity contribution in [1.82, 2.24) is 0 Å². The lowest BCUT2D eigenvalue weighted by Crippen LogP contribution is -2.30. The van der Waals surface area contributed by atoms with Crippen LogP contribution in [-0.4, -0.2) is 36.5 Å². The molecule has 122 valence electrons. The van der Waals surface area contributed by atoms with Gasteiger partial charge in [-0.15, -0.1) is 0 Å². The quantitative estimate of drug-likeness (QED) is 0.497. The standard InChI is InChI=1S/C17H30O4/c1-4-5-6-8-13(2)16(20-3)12-14(18)11-15-9-7-10-17(19)21-15/h7,10,13-16,18H,4-6,8-9,11-12H2,1-3H3/t13-,14+,15+,16+/m1/s1. The van der Waals surface area contributed by atoms with Gasteiger partial charge in [0.15, 0.2) is 0 Å². The van der Waals surface area contributed by atoms with E-state index >= 15 is 0 Å². The van der Waals surface area contributed by atoms with Gasteiger partial charge in [0.25, 0.3) is 0 Å². The number of aliphatic hydroxyl groups is 1. The number of unbranched alkanes of at least 4 members (excludes halogenated alkanes) is 2. The van der Waals surface area contributed by atoms with Gasteiger partial charge in [-0.25, -0.2) is 4.79 Å². The van der Waals surface area contributed by atoms with Gasteiger partial charge in [-0.3, -0.25) is 0 Å². The molecule has 0 amide bonds. The first-order valence-electron chi connectivity index (χ1n) is 8.14. The molecule has 21 heavy (non-hydrogen) atoms. The van der Waals surface area contributed by atoms with Gasteiger partial charge in [0.1, 0.15) is 6.10 Å². The maximum absolute atomic E-state index is 11.2. The van der Waals surface area contributed by atoms with Crippen LogP contribution in [-0.2, 0) is 14.3 Å². The highest BCUT2D eigenvalue weighted by Gasteiger charge is 2.24. The fourth-order valence-electron chi connectivity index (χ4n) is 2.84. The van der Waals surface area contributed by atoms with E-state index in [1.807, 2.05) is 6.08 Å². The Balaban J connectivity index is 2.34. The number of carbonyl (C=O) groups excluding carboxylic acids is 1. The topological polar surface area (TPSA) is 55.8 Å². The molecule has 0 aromatic rings. The highest BCUT2D eigenvalue weighted by atomic mass is 16.5. The van der Waals surface area contributed by atoms with Gasteiger partial charge < -0.3 is 14.6 Å². The summed E-state index contributed by atoms with van der Waals surface area (Å²) < 4.78 is 10.7. The van der Waals surface area contributed by atoms with Gasteiger partial charge in [-0.2, -0.15) is 0 Å². The smallest absolute Gasteiger partial charge is 0.330 e. The summed E-state index contributed by atoms with van der Waals surface area (Å²) in [5.74, 6) is 0.125. The summed E-state index contributed by atoms with van der Waals surface area (Å²) in [5.41, 5.74) is 0. The highest BCUT2D eigenvalue weighted by molar-refractivity contribution is 5.82. The zero-order valence-corrected chi connectivity index (χ0v) is 13.6. The predicted molar refractivity (Wildman–Crippen MR) is 83.0 cm³/mol. The second-order valence-electron chi connectivity index (χ2n) is 6.07. The molecular weight excluding hydrogens is 268 g/mol. The molecule has 1 aliphatic heterocycles. The Morgan fingerprint density at radius 1 is 1.48 bits per heavy atom. The van der Waals surface area contributed by atoms with Gasteiger partial charge in [-0.1, -0.05) is 39.2 Å². The van der Waals surface area contributed by atoms with Crippen molar-refractivity contribution < 1.29 is 19.4 Å². The molecule has 1 aliphatic rings. The third kappa shape index (κ3) is 7.09. The summed E-state index contributed by atoms with van der Waals surface area (Å²) in [5, 5.41) is 10.2. The Labute approximate surface area is 128 Å². The van der Waals surface area contributed by atoms with E-state index in [2.05, 4.69) is 13.8 Å². The van der Waals surface area contributed by atoms with Crippen molar-refractivity contribution in [3.63, 3.8) is 0 Å². The van der Waals surface area contributed by atoms with Crippen LogP contribution in [0.3, 0.4) is 0 Å². The van der Waals surface area contributed by atoms with Crippen LogP contribution in [0.1, 0.15) is 58.8 Å². The van der Waals surface area contributed by atoms with E-state index in [0.717, 1.165) is 6.42 Å². The maximum atomic E-state index is 11.2. The van der Waals surface area contributed by atoms with Gasteiger partial charge in [-0.05, 0) is 18.8 Å². The van der Waals surface area contributed by atoms with E-state index in [1.54, 1.807) is 7.11 Å². The summed E-state index contributed by atoms with van der Waals surface area (Å²) in [4.78, 5) is 11.2. The molecule has 4 heteroatoms. The van der Waals surface area contributed by atoms with Crippen LogP contribution in [0.4, 0.5) is 0 Å². The molecule has 0 saturated carbocycles. The molecule has 0 radical (unpaired) electrons. The van der Waals surface area contributed by atoms with Crippen molar-refractivity contribution in [1.29, 1.82) is 0 Å². The minimum Gasteiger partial charge on any atom is -0.459 e. The molecule has 0 aliphatic carbocycles. The molecule has 4 nitrogen and oxygen atoms in total. The normalized spacial score (nSPS) is 22.7. The first kappa shape index (κ1) is 18.2. The largest absolute Gasteiger partial charge is 0.459 e. The first-order chi connectivity index (χ1) is 10.1. The fraction of sp³-hybridized carbons (Fsp3) is 0.824. The van der Waals surface area contributed by atoms with Gasteiger partial charge >= 0.3 is 5.97 Å². The second-order valence-corrected chi connectivity index (χ2v) is 6.07. The summed E-state index contributed by atoms with van der Waals surface area (Å²) in [6, 6.07) is 0. The van der Waals surface area contributed by atoms with Crippen molar-refractivity contribution in [2.75, 3.05) is 7.11 Å². The van der Waals surface area contributed by atoms with E-state index < -0.39 is 6.10 Å². The van der Waals surface area contributed by atoms with E-state index in [-0.39, 0.29) is 18.2 Å². The Kier molecular flexibility index (Phi) is 8.62. The molecular formula is C17H30O4. The number of carbonyl (C=O) groups is 1. The number of hydrogen-bond acceptors (Lipinski definition) is 4. The number of aliphatic hydroxyl groups excluding tert-OH is 1. The maximum Gasteiger partial charge on any atom is 0.330 e. The Morgan fingerprint density at radius 3 is 2.86 bits per heavy atom. The van der Waals surface area contributed by atoms with Crippen molar-refractivity contribution in [2.24, 2.45) is 5.92 Å². The van der Waals surface area contributed by atoms with Crippen molar-refractivity contribution in [2.45, 2.75) is 77.1 Å². The Hall–Kier alpha value is -0.870. The summed E-state index contributed by atoms with van der Waals surface area (Å²) in [7, 11) is 1.71. The SMILES string of the molecule is CCCCC[C@@H](C)[C@H](C[C@@H](O)C[C@@H]1CC=CC(=O)O1)OC. The molecule has 0 spiro atoms. The number of ether oxygens (including phenoxy) is 2. The van der Waals surface area contributed by atoms with E-state index in [1.165, 1.54) is 25.3 Å². The van der Waals surface area contributed by atoms with Crippen LogP contribution in [0.5, 0.6) is 0 Å². The molecule has 0 fully saturated rings. The van der Waals surface area contributed by atoms with Crippen LogP contribution in [0.25, 0.3) is 0 Å². The van der Waals surface area contributed by atoms with Crippen LogP contribution >= 0.6 is 0 Å². The van der Waals surface area contributed by atoms with Crippen LogP contribution in [0.15, 0.2) is 12.2 Å². The monoisotopic (exact) mass is 298 g/mol. The third-order valence-corrected chi connectivity index (χ3v) is 4.18. The molecule has 0 aromatic carbocycles. The van der Waals surface area contributed by atoms with Crippen LogP contribution < -0.4 is 0 Å². The van der Waals surface area contributed by atoms with Crippen molar-refractivity contribution in [3.05, 3.63) is 12.2 Å². The van der Waals surface area contributed by atoms with E-state index in [0.29, 0.717) is 25.2 Å². The van der Waals surface area contributed by atoms with Crippen LogP contribution in [0.2, 0.25) is 0 Å². The zero-order valence-electron chi connectivity index (χ0n) is 13.6. The molecule has 1 heterocycles. The molecule has 0 saturated heterocycles. The zero-order chi connectivity index (χ0) is 15.7. The summed E-state index contributed by atoms with van der Waals surface area (Å²) >= 11 is 0. The van der Waals surface area contributed by atoms with Gasteiger partial charge in [0.2, 0.25) is 0 Å². The van der Waals surface area contributed by atoms with Crippen molar-refractivity contribution >= 4 is 5.97 Å². The average Bonchev–Trinajstić information content (AvgIpc) is 2.44. The number of methoxy groups -OCH3 is 1. The fourth-order valence-corrected chi connectivity index (χ4v) is 2.84. The average molecular weight is 298 g/mol. The minimum absolute atomic E-state index is 0.0618. The molecule has 1 N–H and O–H groups in total. The number of rotatable bonds is 10. The lowest BCUT2D eigenvalue weighted by molar-refractivity contribution is -0.145. The lowest BCUT2D eigenvalue weighted by Gasteiger charge is -2.27. The molecule has 0 aromatic heterocycles. The van der Waals surface area contributed by atoms with Crippen molar-refractivity contribution in [3.8, 4) is 0 Å². The van der Waals surface area contributed by atoms with Gasteiger partial charge in [0.05, 0.1) is 12.2 Å². The third-order valence-electron chi connectivity index (χ3n) is 4.18. The van der Waals surface area contributed by atoms with E-state index in [9.17, 15) is 9.90 Å². The lowest BCUT2D eigenvalue weighted by atomic mass is 9.91. The number of cyclic esters (lactones) is 1. The predicted octanol–water partition coefficient (Wildman–Crippen LogP) is 3.23. The van der Waals surface area contributed by atoms with E-state index in [4.69, 9.17) is 9.47 Å². The highest BCUT2D eigenvalue weighted by Crippen LogP contribution is 2.22. The Morgan fingerprint density at radius 2 is 2.24 bits per heavy atom. The summed E-state index contributed by atoms with van der Waals surface area (Å²) in [6.45, 7) is 4.38. The number of hydrogen-bond donors (Lipinski definition) is 1. The molecule has 1 rings (SSSR count). The first-order valence-corrected chi connectivity index (χ1v) is 8.14. The molecule has 0 bridgehead atoms. The summed E-state index contributed by atoms with van der Waals surface area (Å²) in [6.07, 6.45) is 9.18. The van der Waals surface area contributed by atoms with Crippen LogP contribution in [0, 0.1) is 5.92 Å². The number of esters is 1. The Bertz CT molecular complexity index is 327. The molecule has 4 atom stereocenters. The molecule has 0 unspecified atom stereocenters.